The molecule has 2 fully saturated rings. The van der Waals surface area contributed by atoms with E-state index in [9.17, 15) is 85.8 Å². The normalized spacial score (nSPS) is 25.6. The van der Waals surface area contributed by atoms with Crippen molar-refractivity contribution in [1.82, 2.24) is 4.57 Å². The fourth-order valence-electron chi connectivity index (χ4n) is 6.51. The summed E-state index contributed by atoms with van der Waals surface area (Å²) in [6.07, 6.45) is -8.49. The molecule has 6 rings (SSSR count). The number of hydrogen-bond donors (Lipinski definition) is 17. The molecule has 0 spiro atoms. The first-order valence-electron chi connectivity index (χ1n) is 14.8. The van der Waals surface area contributed by atoms with E-state index in [1.54, 1.807) is 0 Å². The van der Waals surface area contributed by atoms with Crippen molar-refractivity contribution in [3.8, 4) is 22.6 Å². The molecule has 296 valence electrons. The zero-order valence-corrected chi connectivity index (χ0v) is 26.7. The lowest BCUT2D eigenvalue weighted by molar-refractivity contribution is -0.776. The maximum Gasteiger partial charge on any atom is 0.453 e. The zero-order valence-electron chi connectivity index (χ0n) is 26.7. The van der Waals surface area contributed by atoms with Crippen molar-refractivity contribution in [2.24, 2.45) is 0 Å². The lowest BCUT2D eigenvalue weighted by Crippen LogP contribution is -2.99. The van der Waals surface area contributed by atoms with Crippen LogP contribution in [0.2, 0.25) is 0 Å². The van der Waals surface area contributed by atoms with Gasteiger partial charge in [0.25, 0.3) is 17.4 Å². The standard InChI is InChI=1S/C30H27F2N3O20/c31-14-6-5-13(8-16(14)52-29(46,47)48)35-15-7-12(9-33)20(34)19(32)18(15)17(10-1-3-11(4-2-10)22(36)37)21(35)23(38)24(39,40)25(41,42)26(43,44)27(45)28(23,55-54-27)53-30(49,50)51/h1-9,33,38-51H,34H2,(H,36,37). The molecule has 1 aromatic heterocycles. The van der Waals surface area contributed by atoms with Gasteiger partial charge in [-0.3, -0.25) is 4.74 Å². The number of carboxylic acid groups (broad SMARTS) is 1. The largest absolute Gasteiger partial charge is 0.478 e. The molecule has 25 heteroatoms. The summed E-state index contributed by atoms with van der Waals surface area (Å²) in [6.45, 7) is 0. The number of carbonyl (C=O) groups is 1. The number of anilines is 1. The van der Waals surface area contributed by atoms with Gasteiger partial charge < -0.3 is 97.0 Å². The molecule has 2 heterocycles. The van der Waals surface area contributed by atoms with E-state index < -0.39 is 120 Å². The van der Waals surface area contributed by atoms with Crippen LogP contribution in [-0.4, -0.2) is 135 Å². The van der Waals surface area contributed by atoms with Gasteiger partial charge in [-0.2, -0.15) is 9.78 Å². The van der Waals surface area contributed by atoms with E-state index in [1.165, 1.54) is 0 Å². The summed E-state index contributed by atoms with van der Waals surface area (Å²) in [4.78, 5) is 20.5. The van der Waals surface area contributed by atoms with E-state index in [-0.39, 0.29) is 0 Å². The molecule has 3 aromatic carbocycles. The minimum atomic E-state index is -5.26. The molecule has 0 bridgehead atoms. The third-order valence-electron chi connectivity index (χ3n) is 9.04. The number of halogens is 2. The summed E-state index contributed by atoms with van der Waals surface area (Å²) in [5.41, 5.74) is -5.74. The molecule has 0 amide bonds. The van der Waals surface area contributed by atoms with Gasteiger partial charge in [0.05, 0.1) is 22.5 Å². The maximum atomic E-state index is 16.7. The molecule has 1 saturated heterocycles. The number of aliphatic hydroxyl groups is 14. The highest BCUT2D eigenvalue weighted by Crippen LogP contribution is 2.68. The molecular weight excluding hydrogens is 760 g/mol. The fraction of sp³-hybridized carbons (Fsp3) is 0.267. The number of nitrogens with one attached hydrogen (secondary N) is 1. The van der Waals surface area contributed by atoms with Crippen molar-refractivity contribution in [3.63, 3.8) is 0 Å². The number of fused-ring (bicyclic) bond motifs is 2. The molecule has 55 heavy (non-hydrogen) atoms. The molecule has 4 aromatic rings. The highest BCUT2D eigenvalue weighted by Gasteiger charge is 3.00. The monoisotopic (exact) mass is 787 g/mol. The molecule has 1 saturated carbocycles. The zero-order chi connectivity index (χ0) is 41.3. The van der Waals surface area contributed by atoms with Crippen molar-refractivity contribution in [2.45, 2.75) is 46.9 Å². The topological polar surface area (TPSA) is 412 Å². The van der Waals surface area contributed by atoms with Crippen LogP contribution in [0.3, 0.4) is 0 Å². The smallest absolute Gasteiger partial charge is 0.453 e. The molecule has 1 aliphatic heterocycles. The van der Waals surface area contributed by atoms with Crippen LogP contribution >= 0.6 is 0 Å². The van der Waals surface area contributed by atoms with Gasteiger partial charge in [0, 0.05) is 34.5 Å². The highest BCUT2D eigenvalue weighted by atomic mass is 19.1. The second kappa shape index (κ2) is 11.8. The Hall–Kier alpha value is -4.88. The van der Waals surface area contributed by atoms with Crippen LogP contribution in [0.1, 0.15) is 21.6 Å². The summed E-state index contributed by atoms with van der Waals surface area (Å²) in [5.74, 6) is -30.7. The molecule has 3 atom stereocenters. The van der Waals surface area contributed by atoms with E-state index >= 15 is 4.39 Å². The predicted molar refractivity (Wildman–Crippen MR) is 164 cm³/mol. The minimum Gasteiger partial charge on any atom is -0.478 e. The van der Waals surface area contributed by atoms with Crippen LogP contribution in [0.15, 0.2) is 48.5 Å². The van der Waals surface area contributed by atoms with E-state index in [0.717, 1.165) is 30.3 Å². The highest BCUT2D eigenvalue weighted by molar-refractivity contribution is 6.05. The van der Waals surface area contributed by atoms with E-state index in [4.69, 9.17) is 11.1 Å². The second-order valence-corrected chi connectivity index (χ2v) is 12.3. The molecule has 2 aliphatic rings. The first-order chi connectivity index (χ1) is 25.0. The number of rotatable bonds is 9. The Morgan fingerprint density at radius 1 is 0.836 bits per heavy atom. The predicted octanol–water partition coefficient (Wildman–Crippen LogP) is -4.98. The van der Waals surface area contributed by atoms with Gasteiger partial charge in [0.15, 0.2) is 17.4 Å². The maximum absolute atomic E-state index is 16.7. The van der Waals surface area contributed by atoms with Crippen molar-refractivity contribution < 1.29 is 109 Å². The summed E-state index contributed by atoms with van der Waals surface area (Å²) in [7, 11) is 0. The number of ether oxygens (including phenoxy) is 2. The first kappa shape index (κ1) is 39.8. The number of aromatic carboxylic acids is 1. The molecule has 0 radical (unpaired) electrons. The third kappa shape index (κ3) is 5.11. The van der Waals surface area contributed by atoms with E-state index in [2.05, 4.69) is 19.2 Å². The Bertz CT molecular complexity index is 2270. The van der Waals surface area contributed by atoms with E-state index in [0.29, 0.717) is 29.0 Å². The van der Waals surface area contributed by atoms with Gasteiger partial charge in [-0.05, 0) is 35.9 Å². The Morgan fingerprint density at radius 3 is 1.93 bits per heavy atom. The number of nitrogen functional groups attached to an aromatic ring is 1. The summed E-state index contributed by atoms with van der Waals surface area (Å²) in [6, 6.07) is 5.61. The Labute approximate surface area is 300 Å². The van der Waals surface area contributed by atoms with Crippen molar-refractivity contribution in [1.29, 1.82) is 5.41 Å². The Kier molecular flexibility index (Phi) is 8.55. The SMILES string of the molecule is N=Cc1cc2c(c(F)c1N)c(-c1ccc(C(=O)O)cc1)c(C1(O)C(O)(O)C(O)(O)C(O)(O)C3(O)OOC31OC(O)(O)O)n2-c1ccc(F)c(OC(O)(O)O)c1. The van der Waals surface area contributed by atoms with Crippen LogP contribution in [0.4, 0.5) is 14.5 Å². The van der Waals surface area contributed by atoms with Gasteiger partial charge >= 0.3 is 29.9 Å². The van der Waals surface area contributed by atoms with Gasteiger partial charge in [-0.25, -0.2) is 13.6 Å². The number of hydrogen-bond acceptors (Lipinski definition) is 21. The average Bonchev–Trinajstić information content (AvgIpc) is 3.42. The number of carboxylic acids is 1. The number of nitrogens with two attached hydrogens (primary N) is 1. The Morgan fingerprint density at radius 2 is 1.44 bits per heavy atom. The van der Waals surface area contributed by atoms with Crippen LogP contribution in [-0.2, 0) is 20.1 Å². The van der Waals surface area contributed by atoms with Crippen molar-refractivity contribution in [2.75, 3.05) is 5.73 Å². The Balaban J connectivity index is 1.94. The average molecular weight is 788 g/mol. The van der Waals surface area contributed by atoms with E-state index in [1.807, 2.05) is 0 Å². The van der Waals surface area contributed by atoms with Gasteiger partial charge in [-0.15, -0.1) is 0 Å². The van der Waals surface area contributed by atoms with Crippen LogP contribution in [0, 0.1) is 17.0 Å². The van der Waals surface area contributed by atoms with Crippen LogP contribution < -0.4 is 10.5 Å². The number of nitrogens with zero attached hydrogens (tertiary/aromatic N) is 1. The van der Waals surface area contributed by atoms with Crippen LogP contribution in [0.25, 0.3) is 27.7 Å². The summed E-state index contributed by atoms with van der Waals surface area (Å²) < 4.78 is 40.8. The van der Waals surface area contributed by atoms with Crippen molar-refractivity contribution in [3.05, 3.63) is 77.0 Å². The fourth-order valence-corrected chi connectivity index (χ4v) is 6.51. The van der Waals surface area contributed by atoms with Gasteiger partial charge in [0.1, 0.15) is 0 Å². The second-order valence-electron chi connectivity index (χ2n) is 12.3. The van der Waals surface area contributed by atoms with Crippen LogP contribution in [0.5, 0.6) is 5.75 Å². The third-order valence-corrected chi connectivity index (χ3v) is 9.04. The summed E-state index contributed by atoms with van der Waals surface area (Å²) >= 11 is 0. The summed E-state index contributed by atoms with van der Waals surface area (Å²) in [5, 5.41) is 166. The van der Waals surface area contributed by atoms with Crippen molar-refractivity contribution >= 4 is 28.8 Å². The van der Waals surface area contributed by atoms with Gasteiger partial charge in [0.2, 0.25) is 5.60 Å². The number of benzene rings is 3. The lowest BCUT2D eigenvalue weighted by atomic mass is 9.61. The first-order valence-corrected chi connectivity index (χ1v) is 14.8. The molecular formula is C30H27F2N3O20. The lowest BCUT2D eigenvalue weighted by Gasteiger charge is -2.69. The number of aromatic nitrogens is 1. The molecule has 18 N–H and O–H groups in total. The molecule has 3 unspecified atom stereocenters. The molecule has 1 aliphatic carbocycles. The minimum absolute atomic E-state index is 0.311. The van der Waals surface area contributed by atoms with Gasteiger partial charge in [-0.1, -0.05) is 12.1 Å². The quantitative estimate of drug-likeness (QED) is 0.0327. The molecule has 23 nitrogen and oxygen atoms in total.